The number of anilines is 1. The zero-order valence-electron chi connectivity index (χ0n) is 16.8. The summed E-state index contributed by atoms with van der Waals surface area (Å²) < 4.78 is 0. The number of halogens is 1. The Morgan fingerprint density at radius 1 is 1.03 bits per heavy atom. The van der Waals surface area contributed by atoms with E-state index in [0.29, 0.717) is 42.5 Å². The molecule has 3 aromatic rings. The van der Waals surface area contributed by atoms with Crippen LogP contribution in [0.25, 0.3) is 10.9 Å². The van der Waals surface area contributed by atoms with Crippen molar-refractivity contribution in [2.45, 2.75) is 6.92 Å². The molecule has 154 valence electrons. The summed E-state index contributed by atoms with van der Waals surface area (Å²) in [5, 5.41) is 4.23. The fraction of sp³-hybridized carbons (Fsp3) is 0.261. The maximum atomic E-state index is 13.2. The molecule has 4 rings (SSSR count). The molecular formula is C23H23ClN4O2. The van der Waals surface area contributed by atoms with Gasteiger partial charge in [0.05, 0.1) is 28.3 Å². The summed E-state index contributed by atoms with van der Waals surface area (Å²) in [6.07, 6.45) is 0. The van der Waals surface area contributed by atoms with Crippen molar-refractivity contribution in [3.8, 4) is 0 Å². The molecule has 0 unspecified atom stereocenters. The van der Waals surface area contributed by atoms with Gasteiger partial charge in [0.25, 0.3) is 5.91 Å². The topological polar surface area (TPSA) is 65.5 Å². The van der Waals surface area contributed by atoms with Gasteiger partial charge < -0.3 is 10.2 Å². The van der Waals surface area contributed by atoms with Crippen LogP contribution < -0.4 is 5.32 Å². The number of aryl methyl sites for hydroxylation is 1. The summed E-state index contributed by atoms with van der Waals surface area (Å²) in [5.74, 6) is -0.101. The molecule has 2 heterocycles. The van der Waals surface area contributed by atoms with E-state index in [9.17, 15) is 9.59 Å². The highest BCUT2D eigenvalue weighted by molar-refractivity contribution is 6.33. The number of rotatable bonds is 4. The molecular weight excluding hydrogens is 400 g/mol. The van der Waals surface area contributed by atoms with Crippen LogP contribution in [0, 0.1) is 6.92 Å². The predicted molar refractivity (Wildman–Crippen MR) is 119 cm³/mol. The Kier molecular flexibility index (Phi) is 5.97. The molecule has 0 radical (unpaired) electrons. The smallest absolute Gasteiger partial charge is 0.254 e. The van der Waals surface area contributed by atoms with Crippen molar-refractivity contribution >= 4 is 40.0 Å². The van der Waals surface area contributed by atoms with Gasteiger partial charge in [-0.2, -0.15) is 0 Å². The van der Waals surface area contributed by atoms with Crippen LogP contribution in [0.3, 0.4) is 0 Å². The average molecular weight is 423 g/mol. The lowest BCUT2D eigenvalue weighted by molar-refractivity contribution is -0.117. The summed E-state index contributed by atoms with van der Waals surface area (Å²) in [6, 6.07) is 16.7. The number of piperazine rings is 1. The second-order valence-corrected chi connectivity index (χ2v) is 7.83. The number of fused-ring (bicyclic) bond motifs is 1. The van der Waals surface area contributed by atoms with E-state index in [4.69, 9.17) is 11.6 Å². The highest BCUT2D eigenvalue weighted by Gasteiger charge is 2.25. The summed E-state index contributed by atoms with van der Waals surface area (Å²) in [4.78, 5) is 33.9. The maximum Gasteiger partial charge on any atom is 0.254 e. The van der Waals surface area contributed by atoms with E-state index in [1.54, 1.807) is 12.1 Å². The molecule has 0 bridgehead atoms. The molecule has 7 heteroatoms. The number of nitrogens with one attached hydrogen (secondary N) is 1. The van der Waals surface area contributed by atoms with E-state index in [1.807, 2.05) is 59.2 Å². The Morgan fingerprint density at radius 2 is 1.73 bits per heavy atom. The zero-order valence-corrected chi connectivity index (χ0v) is 17.5. The van der Waals surface area contributed by atoms with E-state index in [1.165, 1.54) is 0 Å². The number of aromatic nitrogens is 1. The van der Waals surface area contributed by atoms with Crippen LogP contribution in [0.2, 0.25) is 5.02 Å². The molecule has 1 aromatic heterocycles. The van der Waals surface area contributed by atoms with Crippen molar-refractivity contribution in [3.05, 3.63) is 70.9 Å². The molecule has 2 amide bonds. The lowest BCUT2D eigenvalue weighted by atomic mass is 10.1. The average Bonchev–Trinajstić information content (AvgIpc) is 2.75. The van der Waals surface area contributed by atoms with Crippen LogP contribution in [0.1, 0.15) is 16.1 Å². The van der Waals surface area contributed by atoms with Gasteiger partial charge in [-0.1, -0.05) is 41.9 Å². The molecule has 1 aliphatic heterocycles. The van der Waals surface area contributed by atoms with Crippen LogP contribution in [-0.2, 0) is 4.79 Å². The third-order valence-electron chi connectivity index (χ3n) is 5.25. The molecule has 1 N–H and O–H groups in total. The second kappa shape index (κ2) is 8.81. The minimum absolute atomic E-state index is 0.0110. The van der Waals surface area contributed by atoms with Crippen LogP contribution >= 0.6 is 11.6 Å². The van der Waals surface area contributed by atoms with Crippen molar-refractivity contribution in [2.75, 3.05) is 38.0 Å². The van der Waals surface area contributed by atoms with Crippen molar-refractivity contribution in [1.29, 1.82) is 0 Å². The minimum atomic E-state index is -0.112. The standard InChI is InChI=1S/C23H23ClN4O2/c1-16-14-18(17-6-2-4-8-20(17)25-16)23(30)28-12-10-27(11-13-28)15-22(29)26-21-9-5-3-7-19(21)24/h2-9,14H,10-13,15H2,1H3,(H,26,29). The first kappa shape index (κ1) is 20.3. The van der Waals surface area contributed by atoms with Crippen molar-refractivity contribution < 1.29 is 9.59 Å². The van der Waals surface area contributed by atoms with E-state index in [0.717, 1.165) is 16.6 Å². The first-order chi connectivity index (χ1) is 14.5. The summed E-state index contributed by atoms with van der Waals surface area (Å²) in [6.45, 7) is 4.61. The van der Waals surface area contributed by atoms with Crippen LogP contribution in [-0.4, -0.2) is 59.3 Å². The molecule has 1 saturated heterocycles. The number of para-hydroxylation sites is 2. The fourth-order valence-electron chi connectivity index (χ4n) is 3.72. The van der Waals surface area contributed by atoms with Crippen LogP contribution in [0.5, 0.6) is 0 Å². The minimum Gasteiger partial charge on any atom is -0.336 e. The monoisotopic (exact) mass is 422 g/mol. The van der Waals surface area contributed by atoms with Gasteiger partial charge >= 0.3 is 0 Å². The predicted octanol–water partition coefficient (Wildman–Crippen LogP) is 3.59. The number of amides is 2. The number of hydrogen-bond donors (Lipinski definition) is 1. The maximum absolute atomic E-state index is 13.2. The third kappa shape index (κ3) is 4.45. The quantitative estimate of drug-likeness (QED) is 0.697. The van der Waals surface area contributed by atoms with Crippen LogP contribution in [0.4, 0.5) is 5.69 Å². The molecule has 2 aromatic carbocycles. The zero-order chi connectivity index (χ0) is 21.1. The lowest BCUT2D eigenvalue weighted by Gasteiger charge is -2.34. The molecule has 1 fully saturated rings. The molecule has 30 heavy (non-hydrogen) atoms. The normalized spacial score (nSPS) is 14.7. The van der Waals surface area contributed by atoms with E-state index >= 15 is 0 Å². The van der Waals surface area contributed by atoms with Crippen molar-refractivity contribution in [2.24, 2.45) is 0 Å². The summed E-state index contributed by atoms with van der Waals surface area (Å²) >= 11 is 6.10. The van der Waals surface area contributed by atoms with Crippen molar-refractivity contribution in [1.82, 2.24) is 14.8 Å². The number of carbonyl (C=O) groups is 2. The van der Waals surface area contributed by atoms with Crippen molar-refractivity contribution in [3.63, 3.8) is 0 Å². The van der Waals surface area contributed by atoms with Gasteiger partial charge in [-0.15, -0.1) is 0 Å². The Balaban J connectivity index is 1.37. The van der Waals surface area contributed by atoms with Crippen LogP contribution in [0.15, 0.2) is 54.6 Å². The molecule has 0 saturated carbocycles. The van der Waals surface area contributed by atoms with Gasteiger partial charge in [0.2, 0.25) is 5.91 Å². The van der Waals surface area contributed by atoms with Gasteiger partial charge in [0, 0.05) is 37.3 Å². The number of pyridine rings is 1. The van der Waals surface area contributed by atoms with E-state index < -0.39 is 0 Å². The molecule has 1 aliphatic rings. The Morgan fingerprint density at radius 3 is 2.50 bits per heavy atom. The van der Waals surface area contributed by atoms with Gasteiger partial charge in [-0.05, 0) is 31.2 Å². The first-order valence-electron chi connectivity index (χ1n) is 9.93. The number of carbonyl (C=O) groups excluding carboxylic acids is 2. The highest BCUT2D eigenvalue weighted by atomic mass is 35.5. The largest absolute Gasteiger partial charge is 0.336 e. The molecule has 0 atom stereocenters. The highest BCUT2D eigenvalue weighted by Crippen LogP contribution is 2.22. The van der Waals surface area contributed by atoms with Gasteiger partial charge in [-0.25, -0.2) is 0 Å². The fourth-order valence-corrected chi connectivity index (χ4v) is 3.90. The number of nitrogens with zero attached hydrogens (tertiary/aromatic N) is 3. The Bertz CT molecular complexity index is 1090. The van der Waals surface area contributed by atoms with E-state index in [-0.39, 0.29) is 18.4 Å². The summed E-state index contributed by atoms with van der Waals surface area (Å²) in [5.41, 5.74) is 2.95. The first-order valence-corrected chi connectivity index (χ1v) is 10.3. The number of hydrogen-bond acceptors (Lipinski definition) is 4. The summed E-state index contributed by atoms with van der Waals surface area (Å²) in [7, 11) is 0. The molecule has 6 nitrogen and oxygen atoms in total. The lowest BCUT2D eigenvalue weighted by Crippen LogP contribution is -2.50. The second-order valence-electron chi connectivity index (χ2n) is 7.42. The molecule has 0 aliphatic carbocycles. The Hall–Kier alpha value is -2.96. The van der Waals surface area contributed by atoms with Gasteiger partial charge in [0.15, 0.2) is 0 Å². The van der Waals surface area contributed by atoms with Gasteiger partial charge in [-0.3, -0.25) is 19.5 Å². The SMILES string of the molecule is Cc1cc(C(=O)N2CCN(CC(=O)Nc3ccccc3Cl)CC2)c2ccccc2n1. The van der Waals surface area contributed by atoms with Gasteiger partial charge in [0.1, 0.15) is 0 Å². The number of benzene rings is 2. The third-order valence-corrected chi connectivity index (χ3v) is 5.58. The van der Waals surface area contributed by atoms with E-state index in [2.05, 4.69) is 10.3 Å². The molecule has 0 spiro atoms. The Labute approximate surface area is 180 Å².